The molecule has 0 saturated carbocycles. The summed E-state index contributed by atoms with van der Waals surface area (Å²) in [5, 5.41) is 6.25. The van der Waals surface area contributed by atoms with E-state index in [-0.39, 0.29) is 6.03 Å². The van der Waals surface area contributed by atoms with Crippen LogP contribution in [0.2, 0.25) is 0 Å². The molecule has 2 N–H and O–H groups in total. The van der Waals surface area contributed by atoms with Gasteiger partial charge in [0.1, 0.15) is 0 Å². The van der Waals surface area contributed by atoms with Crippen molar-refractivity contribution in [3.63, 3.8) is 0 Å². The maximum atomic E-state index is 12.4. The van der Waals surface area contributed by atoms with Gasteiger partial charge in [0.15, 0.2) is 0 Å². The summed E-state index contributed by atoms with van der Waals surface area (Å²) in [5.41, 5.74) is 3.23. The van der Waals surface area contributed by atoms with Gasteiger partial charge < -0.3 is 10.6 Å². The van der Waals surface area contributed by atoms with E-state index in [1.807, 2.05) is 12.1 Å². The number of amides is 2. The monoisotopic (exact) mass is 343 g/mol. The fourth-order valence-corrected chi connectivity index (χ4v) is 4.72. The second-order valence-electron chi connectivity index (χ2n) is 8.47. The van der Waals surface area contributed by atoms with E-state index in [0.29, 0.717) is 24.0 Å². The van der Waals surface area contributed by atoms with Crippen LogP contribution in [0.1, 0.15) is 57.1 Å². The number of urea groups is 1. The summed E-state index contributed by atoms with van der Waals surface area (Å²) in [5.74, 6) is 0.709. The number of aryl methyl sites for hydroxylation is 2. The van der Waals surface area contributed by atoms with Crippen molar-refractivity contribution in [2.45, 2.75) is 77.9 Å². The molecule has 1 aromatic carbocycles. The first-order valence-corrected chi connectivity index (χ1v) is 9.82. The second kappa shape index (κ2) is 7.77. The zero-order valence-electron chi connectivity index (χ0n) is 16.1. The van der Waals surface area contributed by atoms with Crippen molar-refractivity contribution in [2.24, 2.45) is 5.92 Å². The molecule has 2 amide bonds. The summed E-state index contributed by atoms with van der Waals surface area (Å²) in [6.07, 6.45) is 6.07. The maximum Gasteiger partial charge on any atom is 0.319 e. The van der Waals surface area contributed by atoms with Gasteiger partial charge in [0.05, 0.1) is 0 Å². The number of nitrogens with zero attached hydrogens (tertiary/aromatic N) is 1. The maximum absolute atomic E-state index is 12.4. The molecule has 2 atom stereocenters. The number of carbonyl (C=O) groups is 1. The van der Waals surface area contributed by atoms with Crippen LogP contribution in [0.3, 0.4) is 0 Å². The van der Waals surface area contributed by atoms with Gasteiger partial charge in [0.25, 0.3) is 0 Å². The molecule has 4 heteroatoms. The summed E-state index contributed by atoms with van der Waals surface area (Å²) < 4.78 is 0. The van der Waals surface area contributed by atoms with E-state index in [9.17, 15) is 4.79 Å². The number of hydrogen-bond acceptors (Lipinski definition) is 2. The minimum absolute atomic E-state index is 0.0645. The lowest BCUT2D eigenvalue weighted by Crippen LogP contribution is -2.58. The first kappa shape index (κ1) is 18.2. The molecule has 4 nitrogen and oxygen atoms in total. The topological polar surface area (TPSA) is 44.4 Å². The Labute approximate surface area is 152 Å². The van der Waals surface area contributed by atoms with Crippen LogP contribution in [0.5, 0.6) is 0 Å². The molecule has 2 bridgehead atoms. The summed E-state index contributed by atoms with van der Waals surface area (Å²) in [6.45, 7) is 9.91. The van der Waals surface area contributed by atoms with Crippen LogP contribution >= 0.6 is 0 Å². The molecular formula is C21H33N3O. The van der Waals surface area contributed by atoms with Crippen molar-refractivity contribution in [1.29, 1.82) is 0 Å². The standard InChI is InChI=1S/C21H33N3O/c1-14(2)13-24-19-6-5-7-20(24)12-18(11-19)23-21(25)22-17-9-15(3)8-16(4)10-17/h8-10,14,18-20H,5-7,11-13H2,1-4H3,(H2,22,23,25). The fourth-order valence-electron chi connectivity index (χ4n) is 4.72. The number of piperidine rings is 2. The second-order valence-corrected chi connectivity index (χ2v) is 8.47. The minimum atomic E-state index is -0.0645. The van der Waals surface area contributed by atoms with Gasteiger partial charge in [-0.3, -0.25) is 4.90 Å². The third kappa shape index (κ3) is 4.75. The van der Waals surface area contributed by atoms with Gasteiger partial charge in [0.2, 0.25) is 0 Å². The van der Waals surface area contributed by atoms with Crippen LogP contribution in [0.25, 0.3) is 0 Å². The molecule has 3 rings (SSSR count). The average Bonchev–Trinajstić information content (AvgIpc) is 2.46. The van der Waals surface area contributed by atoms with E-state index in [0.717, 1.165) is 18.5 Å². The van der Waals surface area contributed by atoms with E-state index in [4.69, 9.17) is 0 Å². The number of anilines is 1. The highest BCUT2D eigenvalue weighted by Gasteiger charge is 2.38. The molecule has 2 aliphatic rings. The lowest BCUT2D eigenvalue weighted by molar-refractivity contribution is 0.0180. The van der Waals surface area contributed by atoms with Gasteiger partial charge in [-0.05, 0) is 68.7 Å². The Morgan fingerprint density at radius 2 is 1.72 bits per heavy atom. The Morgan fingerprint density at radius 1 is 1.12 bits per heavy atom. The zero-order valence-corrected chi connectivity index (χ0v) is 16.1. The van der Waals surface area contributed by atoms with E-state index >= 15 is 0 Å². The molecule has 2 aliphatic heterocycles. The Morgan fingerprint density at radius 3 is 2.28 bits per heavy atom. The molecule has 1 aromatic rings. The number of rotatable bonds is 4. The quantitative estimate of drug-likeness (QED) is 0.847. The van der Waals surface area contributed by atoms with Gasteiger partial charge in [0, 0.05) is 30.4 Å². The molecule has 2 saturated heterocycles. The fraction of sp³-hybridized carbons (Fsp3) is 0.667. The van der Waals surface area contributed by atoms with Gasteiger partial charge in [-0.15, -0.1) is 0 Å². The first-order chi connectivity index (χ1) is 11.9. The molecule has 0 aromatic heterocycles. The van der Waals surface area contributed by atoms with Crippen LogP contribution < -0.4 is 10.6 Å². The molecule has 2 heterocycles. The highest BCUT2D eigenvalue weighted by molar-refractivity contribution is 5.89. The SMILES string of the molecule is Cc1cc(C)cc(NC(=O)NC2CC3CCCC(C2)N3CC(C)C)c1. The molecule has 0 radical (unpaired) electrons. The van der Waals surface area contributed by atoms with Crippen molar-refractivity contribution in [2.75, 3.05) is 11.9 Å². The number of hydrogen-bond donors (Lipinski definition) is 2. The van der Waals surface area contributed by atoms with E-state index in [1.165, 1.54) is 36.9 Å². The summed E-state index contributed by atoms with van der Waals surface area (Å²) in [7, 11) is 0. The summed E-state index contributed by atoms with van der Waals surface area (Å²) in [4.78, 5) is 15.2. The number of benzene rings is 1. The van der Waals surface area contributed by atoms with Gasteiger partial charge in [-0.25, -0.2) is 4.79 Å². The Balaban J connectivity index is 1.57. The van der Waals surface area contributed by atoms with E-state index < -0.39 is 0 Å². The lowest BCUT2D eigenvalue weighted by atomic mass is 9.81. The molecule has 138 valence electrons. The summed E-state index contributed by atoms with van der Waals surface area (Å²) >= 11 is 0. The lowest BCUT2D eigenvalue weighted by Gasteiger charge is -2.49. The third-order valence-corrected chi connectivity index (χ3v) is 5.52. The van der Waals surface area contributed by atoms with Crippen molar-refractivity contribution in [1.82, 2.24) is 10.2 Å². The predicted octanol–water partition coefficient (Wildman–Crippen LogP) is 4.47. The van der Waals surface area contributed by atoms with Crippen molar-refractivity contribution >= 4 is 11.7 Å². The van der Waals surface area contributed by atoms with Gasteiger partial charge in [-0.1, -0.05) is 26.3 Å². The van der Waals surface area contributed by atoms with Crippen LogP contribution in [-0.4, -0.2) is 35.6 Å². The minimum Gasteiger partial charge on any atom is -0.335 e. The Kier molecular flexibility index (Phi) is 5.67. The predicted molar refractivity (Wildman–Crippen MR) is 104 cm³/mol. The van der Waals surface area contributed by atoms with Crippen LogP contribution in [-0.2, 0) is 0 Å². The van der Waals surface area contributed by atoms with Gasteiger partial charge in [-0.2, -0.15) is 0 Å². The normalized spacial score (nSPS) is 26.5. The highest BCUT2D eigenvalue weighted by Crippen LogP contribution is 2.34. The highest BCUT2D eigenvalue weighted by atomic mass is 16.2. The average molecular weight is 344 g/mol. The number of nitrogens with one attached hydrogen (secondary N) is 2. The van der Waals surface area contributed by atoms with Crippen LogP contribution in [0.15, 0.2) is 18.2 Å². The number of carbonyl (C=O) groups excluding carboxylic acids is 1. The number of fused-ring (bicyclic) bond motifs is 2. The van der Waals surface area contributed by atoms with Crippen molar-refractivity contribution in [3.05, 3.63) is 29.3 Å². The van der Waals surface area contributed by atoms with Crippen molar-refractivity contribution < 1.29 is 4.79 Å². The molecular weight excluding hydrogens is 310 g/mol. The van der Waals surface area contributed by atoms with Crippen molar-refractivity contribution in [3.8, 4) is 0 Å². The molecule has 2 fully saturated rings. The van der Waals surface area contributed by atoms with E-state index in [1.54, 1.807) is 0 Å². The van der Waals surface area contributed by atoms with Crippen LogP contribution in [0, 0.1) is 19.8 Å². The molecule has 0 spiro atoms. The van der Waals surface area contributed by atoms with Crippen LogP contribution in [0.4, 0.5) is 10.5 Å². The third-order valence-electron chi connectivity index (χ3n) is 5.52. The molecule has 2 unspecified atom stereocenters. The zero-order chi connectivity index (χ0) is 18.0. The van der Waals surface area contributed by atoms with E-state index in [2.05, 4.69) is 49.3 Å². The first-order valence-electron chi connectivity index (χ1n) is 9.82. The smallest absolute Gasteiger partial charge is 0.319 e. The molecule has 0 aliphatic carbocycles. The molecule has 25 heavy (non-hydrogen) atoms. The summed E-state index contributed by atoms with van der Waals surface area (Å²) in [6, 6.07) is 7.67. The van der Waals surface area contributed by atoms with Gasteiger partial charge >= 0.3 is 6.03 Å². The Hall–Kier alpha value is -1.55. The largest absolute Gasteiger partial charge is 0.335 e. The Bertz CT molecular complexity index is 579.